The van der Waals surface area contributed by atoms with Crippen molar-refractivity contribution in [2.45, 2.75) is 32.7 Å². The van der Waals surface area contributed by atoms with Gasteiger partial charge < -0.3 is 20.5 Å². The molecule has 0 heterocycles. The fourth-order valence-corrected chi connectivity index (χ4v) is 2.63. The molecule has 6 heteroatoms. The van der Waals surface area contributed by atoms with E-state index >= 15 is 0 Å². The predicted octanol–water partition coefficient (Wildman–Crippen LogP) is 4.07. The van der Waals surface area contributed by atoms with Crippen molar-refractivity contribution in [1.82, 2.24) is 5.32 Å². The Hall–Kier alpha value is -2.24. The van der Waals surface area contributed by atoms with Gasteiger partial charge in [0.1, 0.15) is 0 Å². The summed E-state index contributed by atoms with van der Waals surface area (Å²) in [7, 11) is 1.55. The Morgan fingerprint density at radius 2 is 1.70 bits per heavy atom. The molecule has 0 saturated heterocycles. The lowest BCUT2D eigenvalue weighted by Gasteiger charge is -2.15. The van der Waals surface area contributed by atoms with Crippen LogP contribution in [0.1, 0.15) is 54.2 Å². The Labute approximate surface area is 167 Å². The highest BCUT2D eigenvalue weighted by Crippen LogP contribution is 2.28. The van der Waals surface area contributed by atoms with E-state index in [0.717, 1.165) is 5.56 Å². The van der Waals surface area contributed by atoms with E-state index in [4.69, 9.17) is 15.2 Å². The molecule has 0 spiro atoms. The minimum Gasteiger partial charge on any atom is -0.493 e. The molecule has 27 heavy (non-hydrogen) atoms. The maximum atomic E-state index is 12.4. The normalized spacial score (nSPS) is 11.5. The smallest absolute Gasteiger partial charge is 0.251 e. The highest BCUT2D eigenvalue weighted by atomic mass is 35.5. The lowest BCUT2D eigenvalue weighted by atomic mass is 9.99. The molecule has 0 aromatic heterocycles. The van der Waals surface area contributed by atoms with Crippen LogP contribution in [0.25, 0.3) is 0 Å². The quantitative estimate of drug-likeness (QED) is 0.710. The van der Waals surface area contributed by atoms with Crippen LogP contribution >= 0.6 is 12.4 Å². The van der Waals surface area contributed by atoms with Gasteiger partial charge in [-0.25, -0.2) is 0 Å². The number of nitrogens with one attached hydrogen (secondary N) is 1. The number of nitrogens with two attached hydrogens (primary N) is 1. The predicted molar refractivity (Wildman–Crippen MR) is 111 cm³/mol. The molecule has 1 atom stereocenters. The molecule has 2 rings (SSSR count). The Balaban J connectivity index is 0.00000364. The van der Waals surface area contributed by atoms with Crippen LogP contribution in [0.15, 0.2) is 42.5 Å². The van der Waals surface area contributed by atoms with E-state index in [1.54, 1.807) is 25.3 Å². The summed E-state index contributed by atoms with van der Waals surface area (Å²) in [6.45, 7) is 7.09. The monoisotopic (exact) mass is 392 g/mol. The first-order chi connectivity index (χ1) is 12.5. The maximum absolute atomic E-state index is 12.4. The highest BCUT2D eigenvalue weighted by molar-refractivity contribution is 5.94. The molecule has 2 aromatic carbocycles. The van der Waals surface area contributed by atoms with Crippen molar-refractivity contribution in [2.75, 3.05) is 20.3 Å². The van der Waals surface area contributed by atoms with Crippen molar-refractivity contribution in [3.8, 4) is 11.5 Å². The summed E-state index contributed by atoms with van der Waals surface area (Å²) in [5, 5.41) is 2.88. The maximum Gasteiger partial charge on any atom is 0.251 e. The zero-order valence-electron chi connectivity index (χ0n) is 16.3. The third-order valence-electron chi connectivity index (χ3n) is 4.24. The molecule has 0 aliphatic carbocycles. The van der Waals surface area contributed by atoms with Gasteiger partial charge in [-0.15, -0.1) is 12.4 Å². The molecule has 0 saturated carbocycles. The first-order valence-electron chi connectivity index (χ1n) is 8.90. The number of ether oxygens (including phenoxy) is 2. The van der Waals surface area contributed by atoms with Gasteiger partial charge in [0.15, 0.2) is 11.5 Å². The van der Waals surface area contributed by atoms with Crippen molar-refractivity contribution < 1.29 is 14.3 Å². The molecule has 1 unspecified atom stereocenters. The van der Waals surface area contributed by atoms with Gasteiger partial charge in [-0.3, -0.25) is 4.79 Å². The van der Waals surface area contributed by atoms with Gasteiger partial charge in [-0.05, 0) is 42.2 Å². The first kappa shape index (κ1) is 22.8. The fraction of sp³-hybridized carbons (Fsp3) is 0.381. The summed E-state index contributed by atoms with van der Waals surface area (Å²) < 4.78 is 10.8. The molecular formula is C21H29ClN2O3. The number of benzene rings is 2. The largest absolute Gasteiger partial charge is 0.493 e. The summed E-state index contributed by atoms with van der Waals surface area (Å²) in [5.41, 5.74) is 8.98. The van der Waals surface area contributed by atoms with Crippen LogP contribution in [0, 0.1) is 0 Å². The van der Waals surface area contributed by atoms with E-state index in [2.05, 4.69) is 31.3 Å². The molecule has 2 aromatic rings. The Bertz CT molecular complexity index is 733. The van der Waals surface area contributed by atoms with Crippen LogP contribution in [0.4, 0.5) is 0 Å². The van der Waals surface area contributed by atoms with E-state index in [1.807, 2.05) is 19.1 Å². The number of hydrogen-bond acceptors (Lipinski definition) is 4. The minimum atomic E-state index is -0.259. The van der Waals surface area contributed by atoms with Gasteiger partial charge >= 0.3 is 0 Å². The molecular weight excluding hydrogens is 364 g/mol. The van der Waals surface area contributed by atoms with E-state index in [-0.39, 0.29) is 24.4 Å². The van der Waals surface area contributed by atoms with Crippen LogP contribution in [0.3, 0.4) is 0 Å². The van der Waals surface area contributed by atoms with Crippen molar-refractivity contribution in [1.29, 1.82) is 0 Å². The van der Waals surface area contributed by atoms with Gasteiger partial charge in [-0.1, -0.05) is 38.1 Å². The Morgan fingerprint density at radius 1 is 1.07 bits per heavy atom. The molecule has 1 amide bonds. The summed E-state index contributed by atoms with van der Waals surface area (Å²) >= 11 is 0. The van der Waals surface area contributed by atoms with Crippen LogP contribution in [0.2, 0.25) is 0 Å². The third-order valence-corrected chi connectivity index (χ3v) is 4.24. The van der Waals surface area contributed by atoms with Crippen molar-refractivity contribution in [3.05, 3.63) is 59.2 Å². The number of halogens is 1. The summed E-state index contributed by atoms with van der Waals surface area (Å²) in [6.07, 6.45) is 0. The average Bonchev–Trinajstić information content (AvgIpc) is 2.66. The highest BCUT2D eigenvalue weighted by Gasteiger charge is 2.13. The second-order valence-corrected chi connectivity index (χ2v) is 6.44. The number of rotatable bonds is 8. The molecule has 0 aliphatic heterocycles. The zero-order chi connectivity index (χ0) is 19.1. The molecule has 0 aliphatic rings. The Morgan fingerprint density at radius 3 is 2.26 bits per heavy atom. The van der Waals surface area contributed by atoms with Gasteiger partial charge in [-0.2, -0.15) is 0 Å². The van der Waals surface area contributed by atoms with Crippen LogP contribution in [0.5, 0.6) is 11.5 Å². The third kappa shape index (κ3) is 6.15. The van der Waals surface area contributed by atoms with Crippen molar-refractivity contribution >= 4 is 18.3 Å². The fourth-order valence-electron chi connectivity index (χ4n) is 2.63. The van der Waals surface area contributed by atoms with E-state index in [9.17, 15) is 4.79 Å². The van der Waals surface area contributed by atoms with Crippen LogP contribution in [-0.2, 0) is 0 Å². The van der Waals surface area contributed by atoms with Crippen LogP contribution in [-0.4, -0.2) is 26.2 Å². The second-order valence-electron chi connectivity index (χ2n) is 6.44. The topological polar surface area (TPSA) is 73.6 Å². The summed E-state index contributed by atoms with van der Waals surface area (Å²) in [5.74, 6) is 1.44. The molecule has 0 bridgehead atoms. The van der Waals surface area contributed by atoms with Gasteiger partial charge in [0.05, 0.1) is 13.7 Å². The van der Waals surface area contributed by atoms with Crippen LogP contribution < -0.4 is 20.5 Å². The SMILES string of the molecule is CCOc1ccc(C(=O)NCC(N)c2ccc(C(C)C)cc2)cc1OC.Cl. The van der Waals surface area contributed by atoms with Gasteiger partial charge in [0.2, 0.25) is 0 Å². The first-order valence-corrected chi connectivity index (χ1v) is 8.90. The summed E-state index contributed by atoms with van der Waals surface area (Å²) in [6, 6.07) is 13.1. The van der Waals surface area contributed by atoms with E-state index in [1.165, 1.54) is 5.56 Å². The molecule has 0 fully saturated rings. The van der Waals surface area contributed by atoms with Gasteiger partial charge in [0, 0.05) is 18.2 Å². The van der Waals surface area contributed by atoms with Gasteiger partial charge in [0.25, 0.3) is 5.91 Å². The van der Waals surface area contributed by atoms with Crippen molar-refractivity contribution in [3.63, 3.8) is 0 Å². The lowest BCUT2D eigenvalue weighted by molar-refractivity contribution is 0.0951. The molecule has 5 nitrogen and oxygen atoms in total. The molecule has 0 radical (unpaired) electrons. The number of carbonyl (C=O) groups is 1. The number of hydrogen-bond donors (Lipinski definition) is 2. The Kier molecular flexibility index (Phi) is 9.12. The standard InChI is InChI=1S/C21H28N2O3.ClH/c1-5-26-19-11-10-17(12-20(19)25-4)21(24)23-13-18(22)16-8-6-15(7-9-16)14(2)3;/h6-12,14,18H,5,13,22H2,1-4H3,(H,23,24);1H. The minimum absolute atomic E-state index is 0. The average molecular weight is 393 g/mol. The van der Waals surface area contributed by atoms with E-state index < -0.39 is 0 Å². The lowest BCUT2D eigenvalue weighted by Crippen LogP contribution is -2.31. The second kappa shape index (κ2) is 10.8. The molecule has 148 valence electrons. The molecule has 3 N–H and O–H groups in total. The number of amides is 1. The number of methoxy groups -OCH3 is 1. The van der Waals surface area contributed by atoms with E-state index in [0.29, 0.717) is 36.1 Å². The summed E-state index contributed by atoms with van der Waals surface area (Å²) in [4.78, 5) is 12.4. The van der Waals surface area contributed by atoms with Crippen molar-refractivity contribution in [2.24, 2.45) is 5.73 Å². The number of carbonyl (C=O) groups excluding carboxylic acids is 1. The zero-order valence-corrected chi connectivity index (χ0v) is 17.1.